The first kappa shape index (κ1) is 7.85. The molecule has 2 aromatic rings. The zero-order chi connectivity index (χ0) is 9.26. The molecular weight excluding hydrogens is 168 g/mol. The van der Waals surface area contributed by atoms with Crippen molar-refractivity contribution in [2.24, 2.45) is 0 Å². The molecule has 5 nitrogen and oxygen atoms in total. The van der Waals surface area contributed by atoms with E-state index in [0.717, 1.165) is 23.2 Å². The largest absolute Gasteiger partial charge is 0.367 e. The monoisotopic (exact) mass is 178 g/mol. The van der Waals surface area contributed by atoms with Crippen molar-refractivity contribution in [3.63, 3.8) is 0 Å². The average Bonchev–Trinajstić information content (AvgIpc) is 2.71. The van der Waals surface area contributed by atoms with Crippen LogP contribution in [-0.2, 0) is 6.42 Å². The smallest absolute Gasteiger partial charge is 0.225 e. The molecule has 0 radical (unpaired) electrons. The summed E-state index contributed by atoms with van der Waals surface area (Å²) in [5.74, 6) is 0.388. The highest BCUT2D eigenvalue weighted by Crippen LogP contribution is 2.26. The number of nitrogens with zero attached hydrogens (tertiary/aromatic N) is 2. The first-order valence-electron chi connectivity index (χ1n) is 4.06. The highest BCUT2D eigenvalue weighted by atomic mass is 16.5. The summed E-state index contributed by atoms with van der Waals surface area (Å²) >= 11 is 0. The number of aromatic amines is 1. The standard InChI is InChI=1S/C8H10N4O/c1-2-6-7(12-13-8(6)9)5-3-10-11-4-5/h3-4H,2,9H2,1H3,(H,10,11). The van der Waals surface area contributed by atoms with E-state index in [1.165, 1.54) is 0 Å². The van der Waals surface area contributed by atoms with E-state index in [0.29, 0.717) is 5.88 Å². The van der Waals surface area contributed by atoms with Gasteiger partial charge in [0.15, 0.2) is 0 Å². The van der Waals surface area contributed by atoms with Crippen LogP contribution in [0.4, 0.5) is 5.88 Å². The Balaban J connectivity index is 2.52. The van der Waals surface area contributed by atoms with Gasteiger partial charge in [-0.1, -0.05) is 12.1 Å². The van der Waals surface area contributed by atoms with E-state index >= 15 is 0 Å². The molecule has 2 rings (SSSR count). The van der Waals surface area contributed by atoms with Crippen LogP contribution < -0.4 is 5.73 Å². The van der Waals surface area contributed by atoms with Gasteiger partial charge in [-0.2, -0.15) is 5.10 Å². The number of aromatic nitrogens is 3. The van der Waals surface area contributed by atoms with Gasteiger partial charge < -0.3 is 10.3 Å². The topological polar surface area (TPSA) is 80.7 Å². The van der Waals surface area contributed by atoms with Crippen LogP contribution in [0, 0.1) is 0 Å². The van der Waals surface area contributed by atoms with Crippen LogP contribution in [0.5, 0.6) is 0 Å². The number of anilines is 1. The highest BCUT2D eigenvalue weighted by Gasteiger charge is 2.13. The molecule has 0 saturated carbocycles. The van der Waals surface area contributed by atoms with Gasteiger partial charge in [-0.3, -0.25) is 5.10 Å². The number of H-pyrrole nitrogens is 1. The van der Waals surface area contributed by atoms with E-state index in [9.17, 15) is 0 Å². The maximum absolute atomic E-state index is 5.60. The number of rotatable bonds is 2. The zero-order valence-corrected chi connectivity index (χ0v) is 7.24. The number of hydrogen-bond donors (Lipinski definition) is 2. The van der Waals surface area contributed by atoms with E-state index in [1.54, 1.807) is 12.4 Å². The Morgan fingerprint density at radius 2 is 2.46 bits per heavy atom. The number of nitrogens with one attached hydrogen (secondary N) is 1. The molecule has 0 amide bonds. The molecule has 0 atom stereocenters. The molecule has 0 unspecified atom stereocenters. The second-order valence-corrected chi connectivity index (χ2v) is 2.71. The molecule has 0 aliphatic rings. The summed E-state index contributed by atoms with van der Waals surface area (Å²) in [5, 5.41) is 10.4. The molecule has 0 bridgehead atoms. The molecule has 13 heavy (non-hydrogen) atoms. The Kier molecular flexibility index (Phi) is 1.77. The Hall–Kier alpha value is -1.78. The molecule has 0 aliphatic heterocycles. The molecule has 0 spiro atoms. The number of nitrogen functional groups attached to an aromatic ring is 1. The van der Waals surface area contributed by atoms with Gasteiger partial charge in [0.05, 0.1) is 6.20 Å². The van der Waals surface area contributed by atoms with Crippen molar-refractivity contribution < 1.29 is 4.52 Å². The fourth-order valence-corrected chi connectivity index (χ4v) is 1.27. The molecule has 0 aromatic carbocycles. The van der Waals surface area contributed by atoms with Crippen LogP contribution in [0.15, 0.2) is 16.9 Å². The van der Waals surface area contributed by atoms with Gasteiger partial charge in [-0.15, -0.1) is 0 Å². The second-order valence-electron chi connectivity index (χ2n) is 2.71. The lowest BCUT2D eigenvalue weighted by atomic mass is 10.1. The third kappa shape index (κ3) is 1.18. The number of hydrogen-bond acceptors (Lipinski definition) is 4. The third-order valence-corrected chi connectivity index (χ3v) is 1.94. The summed E-state index contributed by atoms with van der Waals surface area (Å²) in [7, 11) is 0. The molecule has 0 fully saturated rings. The van der Waals surface area contributed by atoms with Crippen molar-refractivity contribution in [1.29, 1.82) is 0 Å². The van der Waals surface area contributed by atoms with Crippen LogP contribution in [0.25, 0.3) is 11.3 Å². The lowest BCUT2D eigenvalue weighted by molar-refractivity contribution is 0.438. The average molecular weight is 178 g/mol. The summed E-state index contributed by atoms with van der Waals surface area (Å²) in [5.41, 5.74) is 8.20. The predicted octanol–water partition coefficient (Wildman–Crippen LogP) is 1.21. The van der Waals surface area contributed by atoms with Crippen molar-refractivity contribution in [3.05, 3.63) is 18.0 Å². The summed E-state index contributed by atoms with van der Waals surface area (Å²) in [6, 6.07) is 0. The maximum atomic E-state index is 5.60. The molecule has 5 heteroatoms. The minimum Gasteiger partial charge on any atom is -0.367 e. The van der Waals surface area contributed by atoms with Crippen LogP contribution in [-0.4, -0.2) is 15.4 Å². The van der Waals surface area contributed by atoms with Crippen molar-refractivity contribution in [2.45, 2.75) is 13.3 Å². The Bertz CT molecular complexity index is 390. The van der Waals surface area contributed by atoms with E-state index in [4.69, 9.17) is 10.3 Å². The first-order valence-corrected chi connectivity index (χ1v) is 4.06. The summed E-state index contributed by atoms with van der Waals surface area (Å²) < 4.78 is 4.90. The van der Waals surface area contributed by atoms with Crippen molar-refractivity contribution in [2.75, 3.05) is 5.73 Å². The first-order chi connectivity index (χ1) is 6.33. The van der Waals surface area contributed by atoms with Crippen molar-refractivity contribution in [1.82, 2.24) is 15.4 Å². The third-order valence-electron chi connectivity index (χ3n) is 1.94. The Morgan fingerprint density at radius 1 is 1.62 bits per heavy atom. The van der Waals surface area contributed by atoms with Gasteiger partial charge in [0, 0.05) is 17.3 Å². The molecule has 3 N–H and O–H groups in total. The van der Waals surface area contributed by atoms with Gasteiger partial charge in [-0.05, 0) is 6.42 Å². The molecule has 68 valence electrons. The van der Waals surface area contributed by atoms with Crippen LogP contribution in [0.1, 0.15) is 12.5 Å². The van der Waals surface area contributed by atoms with Crippen LogP contribution in [0.2, 0.25) is 0 Å². The van der Waals surface area contributed by atoms with E-state index < -0.39 is 0 Å². The number of nitrogens with two attached hydrogens (primary N) is 1. The van der Waals surface area contributed by atoms with Gasteiger partial charge in [-0.25, -0.2) is 0 Å². The Morgan fingerprint density at radius 3 is 3.08 bits per heavy atom. The lowest BCUT2D eigenvalue weighted by Crippen LogP contribution is -1.88. The quantitative estimate of drug-likeness (QED) is 0.724. The summed E-state index contributed by atoms with van der Waals surface area (Å²) in [6.07, 6.45) is 4.25. The van der Waals surface area contributed by atoms with Crippen LogP contribution in [0.3, 0.4) is 0 Å². The molecule has 0 saturated heterocycles. The minimum atomic E-state index is 0.388. The fraction of sp³-hybridized carbons (Fsp3) is 0.250. The molecule has 2 heterocycles. The molecule has 0 aliphatic carbocycles. The van der Waals surface area contributed by atoms with E-state index in [-0.39, 0.29) is 0 Å². The van der Waals surface area contributed by atoms with Crippen molar-refractivity contribution in [3.8, 4) is 11.3 Å². The van der Waals surface area contributed by atoms with Gasteiger partial charge >= 0.3 is 0 Å². The minimum absolute atomic E-state index is 0.388. The predicted molar refractivity (Wildman–Crippen MR) is 47.9 cm³/mol. The van der Waals surface area contributed by atoms with Crippen molar-refractivity contribution >= 4 is 5.88 Å². The van der Waals surface area contributed by atoms with Gasteiger partial charge in [0.1, 0.15) is 5.69 Å². The van der Waals surface area contributed by atoms with Gasteiger partial charge in [0.2, 0.25) is 5.88 Å². The second kappa shape index (κ2) is 2.93. The van der Waals surface area contributed by atoms with Gasteiger partial charge in [0.25, 0.3) is 0 Å². The summed E-state index contributed by atoms with van der Waals surface area (Å²) in [6.45, 7) is 2.01. The maximum Gasteiger partial charge on any atom is 0.225 e. The highest BCUT2D eigenvalue weighted by molar-refractivity contribution is 5.65. The lowest BCUT2D eigenvalue weighted by Gasteiger charge is -1.93. The SMILES string of the molecule is CCc1c(-c2cn[nH]c2)noc1N. The Labute approximate surface area is 74.9 Å². The molecular formula is C8H10N4O. The molecule has 2 aromatic heterocycles. The fourth-order valence-electron chi connectivity index (χ4n) is 1.27. The van der Waals surface area contributed by atoms with E-state index in [1.807, 2.05) is 6.92 Å². The van der Waals surface area contributed by atoms with E-state index in [2.05, 4.69) is 15.4 Å². The van der Waals surface area contributed by atoms with Crippen LogP contribution >= 0.6 is 0 Å². The normalized spacial score (nSPS) is 10.5. The summed E-state index contributed by atoms with van der Waals surface area (Å²) in [4.78, 5) is 0. The zero-order valence-electron chi connectivity index (χ0n) is 7.24.